The molecule has 1 atom stereocenters. The lowest BCUT2D eigenvalue weighted by Crippen LogP contribution is -2.44. The number of rotatable bonds is 4. The third kappa shape index (κ3) is 1.83. The summed E-state index contributed by atoms with van der Waals surface area (Å²) >= 11 is 0. The summed E-state index contributed by atoms with van der Waals surface area (Å²) in [5.74, 6) is -8.37. The Labute approximate surface area is 99.5 Å². The number of hydrogen-bond donors (Lipinski definition) is 4. The van der Waals surface area contributed by atoms with Crippen molar-refractivity contribution in [2.75, 3.05) is 0 Å². The Hall–Kier alpha value is -2.64. The van der Waals surface area contributed by atoms with Gasteiger partial charge in [-0.2, -0.15) is 0 Å². The SMILES string of the molecule is O=C(O)C1=CC(C(=O)O)C=CC1(C(=O)O)C(=O)O. The van der Waals surface area contributed by atoms with Gasteiger partial charge in [-0.25, -0.2) is 4.79 Å². The average molecular weight is 256 g/mol. The smallest absolute Gasteiger partial charge is 0.333 e. The maximum Gasteiger partial charge on any atom is 0.333 e. The molecule has 0 heterocycles. The quantitative estimate of drug-likeness (QED) is 0.385. The first-order valence-corrected chi connectivity index (χ1v) is 4.58. The summed E-state index contributed by atoms with van der Waals surface area (Å²) < 4.78 is 0. The molecule has 1 aliphatic carbocycles. The highest BCUT2D eigenvalue weighted by Gasteiger charge is 2.52. The molecule has 1 unspecified atom stereocenters. The molecule has 0 fully saturated rings. The van der Waals surface area contributed by atoms with Gasteiger partial charge in [-0.1, -0.05) is 18.2 Å². The van der Waals surface area contributed by atoms with Crippen LogP contribution in [0.4, 0.5) is 0 Å². The first-order valence-electron chi connectivity index (χ1n) is 4.58. The van der Waals surface area contributed by atoms with E-state index in [1.165, 1.54) is 0 Å². The Morgan fingerprint density at radius 1 is 1.00 bits per heavy atom. The fraction of sp³-hybridized carbons (Fsp3) is 0.200. The predicted molar refractivity (Wildman–Crippen MR) is 53.7 cm³/mol. The first-order chi connectivity index (χ1) is 8.23. The van der Waals surface area contributed by atoms with Crippen LogP contribution >= 0.6 is 0 Å². The van der Waals surface area contributed by atoms with E-state index in [4.69, 9.17) is 20.4 Å². The Morgan fingerprint density at radius 2 is 1.50 bits per heavy atom. The highest BCUT2D eigenvalue weighted by molar-refractivity contribution is 6.12. The summed E-state index contributed by atoms with van der Waals surface area (Å²) in [6.45, 7) is 0. The number of aliphatic carboxylic acids is 4. The molecule has 0 saturated heterocycles. The molecular formula is C10H8O8. The molecule has 0 aliphatic heterocycles. The summed E-state index contributed by atoms with van der Waals surface area (Å²) in [4.78, 5) is 43.7. The van der Waals surface area contributed by atoms with Crippen molar-refractivity contribution in [2.24, 2.45) is 11.3 Å². The van der Waals surface area contributed by atoms with Crippen LogP contribution in [0.5, 0.6) is 0 Å². The van der Waals surface area contributed by atoms with Crippen molar-refractivity contribution in [2.45, 2.75) is 0 Å². The van der Waals surface area contributed by atoms with Gasteiger partial charge < -0.3 is 20.4 Å². The lowest BCUT2D eigenvalue weighted by atomic mass is 9.74. The van der Waals surface area contributed by atoms with Gasteiger partial charge in [0, 0.05) is 0 Å². The number of hydrogen-bond acceptors (Lipinski definition) is 4. The molecule has 0 aromatic rings. The van der Waals surface area contributed by atoms with E-state index in [-0.39, 0.29) is 0 Å². The van der Waals surface area contributed by atoms with Gasteiger partial charge in [-0.15, -0.1) is 0 Å². The van der Waals surface area contributed by atoms with Crippen LogP contribution in [0.25, 0.3) is 0 Å². The molecule has 0 amide bonds. The maximum absolute atomic E-state index is 11.0. The van der Waals surface area contributed by atoms with Gasteiger partial charge in [0.15, 0.2) is 0 Å². The van der Waals surface area contributed by atoms with E-state index >= 15 is 0 Å². The second kappa shape index (κ2) is 4.32. The second-order valence-corrected chi connectivity index (χ2v) is 3.53. The second-order valence-electron chi connectivity index (χ2n) is 3.53. The van der Waals surface area contributed by atoms with Crippen molar-refractivity contribution in [3.8, 4) is 0 Å². The predicted octanol–water partition coefficient (Wildman–Crippen LogP) is -0.576. The maximum atomic E-state index is 11.0. The van der Waals surface area contributed by atoms with Crippen molar-refractivity contribution in [3.63, 3.8) is 0 Å². The molecule has 18 heavy (non-hydrogen) atoms. The van der Waals surface area contributed by atoms with E-state index in [0.717, 1.165) is 6.08 Å². The van der Waals surface area contributed by atoms with E-state index in [1.807, 2.05) is 0 Å². The zero-order valence-electron chi connectivity index (χ0n) is 8.73. The van der Waals surface area contributed by atoms with E-state index in [2.05, 4.69) is 0 Å². The average Bonchev–Trinajstić information content (AvgIpc) is 2.26. The molecule has 0 radical (unpaired) electrons. The van der Waals surface area contributed by atoms with Crippen LogP contribution in [-0.4, -0.2) is 44.3 Å². The molecule has 96 valence electrons. The monoisotopic (exact) mass is 256 g/mol. The van der Waals surface area contributed by atoms with Crippen LogP contribution in [0.1, 0.15) is 0 Å². The van der Waals surface area contributed by atoms with Gasteiger partial charge in [0.05, 0.1) is 11.5 Å². The summed E-state index contributed by atoms with van der Waals surface area (Å²) in [5.41, 5.74) is -3.77. The van der Waals surface area contributed by atoms with E-state index in [9.17, 15) is 19.2 Å². The van der Waals surface area contributed by atoms with Crippen LogP contribution in [0.2, 0.25) is 0 Å². The standard InChI is InChI=1S/C10H8O8/c11-6(12)4-1-2-10(8(15)16,9(17)18)5(3-4)7(13)14/h1-4H,(H,11,12)(H,13,14)(H,15,16)(H,17,18). The van der Waals surface area contributed by atoms with Gasteiger partial charge in [-0.05, 0) is 0 Å². The molecular weight excluding hydrogens is 248 g/mol. The minimum atomic E-state index is -2.77. The Kier molecular flexibility index (Phi) is 3.22. The summed E-state index contributed by atoms with van der Waals surface area (Å²) in [6, 6.07) is 0. The Balaban J connectivity index is 3.47. The van der Waals surface area contributed by atoms with Crippen molar-refractivity contribution in [3.05, 3.63) is 23.8 Å². The minimum absolute atomic E-state index is 0.569. The van der Waals surface area contributed by atoms with Gasteiger partial charge in [-0.3, -0.25) is 14.4 Å². The number of carboxylic acid groups (broad SMARTS) is 4. The zero-order valence-corrected chi connectivity index (χ0v) is 8.73. The van der Waals surface area contributed by atoms with E-state index in [1.54, 1.807) is 0 Å². The van der Waals surface area contributed by atoms with Gasteiger partial charge in [0.2, 0.25) is 5.41 Å². The molecule has 8 nitrogen and oxygen atoms in total. The minimum Gasteiger partial charge on any atom is -0.481 e. The van der Waals surface area contributed by atoms with Crippen LogP contribution in [-0.2, 0) is 19.2 Å². The van der Waals surface area contributed by atoms with Gasteiger partial charge in [0.25, 0.3) is 0 Å². The molecule has 4 N–H and O–H groups in total. The van der Waals surface area contributed by atoms with Gasteiger partial charge >= 0.3 is 23.9 Å². The molecule has 0 aromatic carbocycles. The normalized spacial score (nSPS) is 20.9. The van der Waals surface area contributed by atoms with E-state index < -0.39 is 40.8 Å². The number of carboxylic acids is 4. The topological polar surface area (TPSA) is 149 Å². The molecule has 0 saturated carbocycles. The largest absolute Gasteiger partial charge is 0.481 e. The van der Waals surface area contributed by atoms with Crippen molar-refractivity contribution in [1.29, 1.82) is 0 Å². The molecule has 0 bridgehead atoms. The number of carbonyl (C=O) groups is 4. The highest BCUT2D eigenvalue weighted by Crippen LogP contribution is 2.35. The fourth-order valence-electron chi connectivity index (χ4n) is 1.56. The Morgan fingerprint density at radius 3 is 1.83 bits per heavy atom. The lowest BCUT2D eigenvalue weighted by Gasteiger charge is -2.26. The summed E-state index contributed by atoms with van der Waals surface area (Å²) in [5, 5.41) is 35.4. The van der Waals surface area contributed by atoms with Crippen LogP contribution in [0.3, 0.4) is 0 Å². The third-order valence-electron chi connectivity index (χ3n) is 2.51. The van der Waals surface area contributed by atoms with Crippen molar-refractivity contribution < 1.29 is 39.6 Å². The summed E-state index contributed by atoms with van der Waals surface area (Å²) in [6.07, 6.45) is 2.00. The molecule has 1 aliphatic rings. The fourth-order valence-corrected chi connectivity index (χ4v) is 1.56. The van der Waals surface area contributed by atoms with Gasteiger partial charge in [0.1, 0.15) is 0 Å². The van der Waals surface area contributed by atoms with Crippen LogP contribution < -0.4 is 0 Å². The highest BCUT2D eigenvalue weighted by atomic mass is 16.4. The third-order valence-corrected chi connectivity index (χ3v) is 2.51. The zero-order chi connectivity index (χ0) is 14.1. The first kappa shape index (κ1) is 13.4. The van der Waals surface area contributed by atoms with Crippen molar-refractivity contribution in [1.82, 2.24) is 0 Å². The molecule has 0 aromatic heterocycles. The van der Waals surface area contributed by atoms with E-state index in [0.29, 0.717) is 12.2 Å². The Bertz CT molecular complexity index is 484. The lowest BCUT2D eigenvalue weighted by molar-refractivity contribution is -0.161. The molecule has 8 heteroatoms. The molecule has 1 rings (SSSR count). The van der Waals surface area contributed by atoms with Crippen LogP contribution in [0.15, 0.2) is 23.8 Å². The molecule has 0 spiro atoms. The van der Waals surface area contributed by atoms with Crippen LogP contribution in [0, 0.1) is 11.3 Å². The van der Waals surface area contributed by atoms with Crippen molar-refractivity contribution >= 4 is 23.9 Å². The summed E-state index contributed by atoms with van der Waals surface area (Å²) in [7, 11) is 0.